The molecule has 1 heterocycles. The molecule has 1 aliphatic heterocycles. The van der Waals surface area contributed by atoms with Crippen LogP contribution in [0.15, 0.2) is 60.7 Å². The summed E-state index contributed by atoms with van der Waals surface area (Å²) in [6.45, 7) is 5.17. The molecule has 2 aromatic carbocycles. The van der Waals surface area contributed by atoms with Gasteiger partial charge in [0.1, 0.15) is 0 Å². The van der Waals surface area contributed by atoms with Gasteiger partial charge in [0.25, 0.3) is 0 Å². The van der Waals surface area contributed by atoms with Gasteiger partial charge in [0.05, 0.1) is 5.41 Å². The number of likely N-dealkylation sites (tertiary alicyclic amines) is 1. The lowest BCUT2D eigenvalue weighted by Crippen LogP contribution is -2.49. The van der Waals surface area contributed by atoms with E-state index in [1.54, 1.807) is 0 Å². The van der Waals surface area contributed by atoms with Crippen LogP contribution in [-0.4, -0.2) is 30.4 Å². The molecule has 1 amide bonds. The van der Waals surface area contributed by atoms with Crippen LogP contribution >= 0.6 is 0 Å². The largest absolute Gasteiger partial charge is 0.369 e. The Bertz CT molecular complexity index is 678. The van der Waals surface area contributed by atoms with Gasteiger partial charge in [0.2, 0.25) is 5.91 Å². The number of carbonyl (C=O) groups excluding carboxylic acids is 1. The van der Waals surface area contributed by atoms with E-state index in [1.165, 1.54) is 5.56 Å². The van der Waals surface area contributed by atoms with Crippen LogP contribution in [0.1, 0.15) is 30.9 Å². The summed E-state index contributed by atoms with van der Waals surface area (Å²) < 4.78 is 0. The number of carbonyl (C=O) groups is 1. The Kier molecular flexibility index (Phi) is 5.54. The van der Waals surface area contributed by atoms with Gasteiger partial charge in [-0.2, -0.15) is 0 Å². The van der Waals surface area contributed by atoms with E-state index in [4.69, 9.17) is 5.73 Å². The Morgan fingerprint density at radius 3 is 2.16 bits per heavy atom. The smallest absolute Gasteiger partial charge is 0.228 e. The summed E-state index contributed by atoms with van der Waals surface area (Å²) in [4.78, 5) is 14.8. The average Bonchev–Trinajstić information content (AvgIpc) is 2.67. The Labute approximate surface area is 150 Å². The first kappa shape index (κ1) is 17.7. The molecule has 1 aliphatic rings. The van der Waals surface area contributed by atoms with Gasteiger partial charge in [-0.3, -0.25) is 4.79 Å². The molecule has 2 N–H and O–H groups in total. The zero-order chi connectivity index (χ0) is 17.7. The predicted molar refractivity (Wildman–Crippen MR) is 102 cm³/mol. The van der Waals surface area contributed by atoms with Crippen LogP contribution in [0.2, 0.25) is 0 Å². The minimum absolute atomic E-state index is 0.207. The molecular formula is C22H28N2O. The van der Waals surface area contributed by atoms with Crippen LogP contribution in [0.3, 0.4) is 0 Å². The van der Waals surface area contributed by atoms with Crippen LogP contribution < -0.4 is 5.73 Å². The van der Waals surface area contributed by atoms with Crippen LogP contribution in [0.25, 0.3) is 0 Å². The number of primary amides is 1. The molecule has 0 radical (unpaired) electrons. The summed E-state index contributed by atoms with van der Waals surface area (Å²) in [6.07, 6.45) is 3.11. The van der Waals surface area contributed by atoms with E-state index in [-0.39, 0.29) is 5.91 Å². The number of hydrogen-bond donors (Lipinski definition) is 1. The molecule has 3 nitrogen and oxygen atoms in total. The number of benzene rings is 2. The van der Waals surface area contributed by atoms with Crippen molar-refractivity contribution < 1.29 is 4.79 Å². The van der Waals surface area contributed by atoms with Crippen molar-refractivity contribution in [2.24, 2.45) is 11.7 Å². The molecule has 2 aromatic rings. The minimum Gasteiger partial charge on any atom is -0.369 e. The summed E-state index contributed by atoms with van der Waals surface area (Å²) in [5, 5.41) is 0. The summed E-state index contributed by atoms with van der Waals surface area (Å²) in [5.74, 6) is 0.0989. The lowest BCUT2D eigenvalue weighted by molar-refractivity contribution is -0.125. The van der Waals surface area contributed by atoms with E-state index in [9.17, 15) is 4.79 Å². The first-order chi connectivity index (χ1) is 12.1. The Morgan fingerprint density at radius 1 is 1.04 bits per heavy atom. The van der Waals surface area contributed by atoms with Crippen LogP contribution in [0.5, 0.6) is 0 Å². The van der Waals surface area contributed by atoms with Crippen LogP contribution in [0.4, 0.5) is 0 Å². The highest BCUT2D eigenvalue weighted by atomic mass is 16.1. The Hall–Kier alpha value is -2.13. The summed E-state index contributed by atoms with van der Waals surface area (Å²) in [5.41, 5.74) is 7.71. The molecule has 1 atom stereocenters. The molecular weight excluding hydrogens is 308 g/mol. The second-order valence-corrected chi connectivity index (χ2v) is 7.28. The Morgan fingerprint density at radius 2 is 1.60 bits per heavy atom. The Balaban J connectivity index is 1.61. The van der Waals surface area contributed by atoms with Crippen molar-refractivity contribution in [1.82, 2.24) is 4.90 Å². The fourth-order valence-electron chi connectivity index (χ4n) is 4.03. The van der Waals surface area contributed by atoms with Crippen molar-refractivity contribution in [3.63, 3.8) is 0 Å². The first-order valence-electron chi connectivity index (χ1n) is 9.22. The number of piperidine rings is 1. The second-order valence-electron chi connectivity index (χ2n) is 7.28. The summed E-state index contributed by atoms with van der Waals surface area (Å²) >= 11 is 0. The first-order valence-corrected chi connectivity index (χ1v) is 9.22. The van der Waals surface area contributed by atoms with Gasteiger partial charge in [-0.05, 0) is 56.3 Å². The van der Waals surface area contributed by atoms with Crippen molar-refractivity contribution in [1.29, 1.82) is 0 Å². The van der Waals surface area contributed by atoms with E-state index in [0.29, 0.717) is 5.92 Å². The van der Waals surface area contributed by atoms with E-state index in [1.807, 2.05) is 37.3 Å². The summed E-state index contributed by atoms with van der Waals surface area (Å²) in [6, 6.07) is 20.7. The molecule has 25 heavy (non-hydrogen) atoms. The number of rotatable bonds is 6. The van der Waals surface area contributed by atoms with Gasteiger partial charge in [0, 0.05) is 6.54 Å². The van der Waals surface area contributed by atoms with Crippen molar-refractivity contribution in [2.75, 3.05) is 19.6 Å². The van der Waals surface area contributed by atoms with Crippen molar-refractivity contribution in [3.8, 4) is 0 Å². The molecule has 0 aliphatic carbocycles. The molecule has 3 heteroatoms. The lowest BCUT2D eigenvalue weighted by atomic mass is 9.67. The standard InChI is InChI=1S/C22H28N2O/c1-22(21(23)25,19-10-6-3-7-11-19)20-13-16-24(17-14-20)15-12-18-8-4-2-5-9-18/h2-11,20H,12-17H2,1H3,(H2,23,25). The zero-order valence-corrected chi connectivity index (χ0v) is 15.0. The fourth-order valence-corrected chi connectivity index (χ4v) is 4.03. The highest BCUT2D eigenvalue weighted by Gasteiger charge is 2.42. The molecule has 0 spiro atoms. The zero-order valence-electron chi connectivity index (χ0n) is 15.0. The quantitative estimate of drug-likeness (QED) is 0.879. The molecule has 0 bridgehead atoms. The lowest BCUT2D eigenvalue weighted by Gasteiger charge is -2.41. The third-order valence-corrected chi connectivity index (χ3v) is 5.85. The maximum atomic E-state index is 12.3. The average molecular weight is 336 g/mol. The molecule has 1 fully saturated rings. The van der Waals surface area contributed by atoms with Crippen molar-refractivity contribution in [2.45, 2.75) is 31.6 Å². The molecule has 132 valence electrons. The van der Waals surface area contributed by atoms with E-state index < -0.39 is 5.41 Å². The molecule has 3 rings (SSSR count). The van der Waals surface area contributed by atoms with Crippen molar-refractivity contribution >= 4 is 5.91 Å². The fraction of sp³-hybridized carbons (Fsp3) is 0.409. The van der Waals surface area contributed by atoms with Gasteiger partial charge < -0.3 is 10.6 Å². The maximum Gasteiger partial charge on any atom is 0.228 e. The van der Waals surface area contributed by atoms with Gasteiger partial charge in [-0.1, -0.05) is 60.7 Å². The molecule has 0 saturated carbocycles. The monoisotopic (exact) mass is 336 g/mol. The highest BCUT2D eigenvalue weighted by Crippen LogP contribution is 2.38. The second kappa shape index (κ2) is 7.83. The summed E-state index contributed by atoms with van der Waals surface area (Å²) in [7, 11) is 0. The van der Waals surface area contributed by atoms with E-state index in [0.717, 1.165) is 44.5 Å². The van der Waals surface area contributed by atoms with E-state index >= 15 is 0 Å². The third kappa shape index (κ3) is 3.93. The SMILES string of the molecule is CC(C(N)=O)(c1ccccc1)C1CCN(CCc2ccccc2)CC1. The topological polar surface area (TPSA) is 46.3 Å². The molecule has 0 aromatic heterocycles. The van der Waals surface area contributed by atoms with Crippen molar-refractivity contribution in [3.05, 3.63) is 71.8 Å². The highest BCUT2D eigenvalue weighted by molar-refractivity contribution is 5.86. The predicted octanol–water partition coefficient (Wildman–Crippen LogP) is 3.38. The minimum atomic E-state index is -0.577. The number of nitrogens with two attached hydrogens (primary N) is 1. The maximum absolute atomic E-state index is 12.3. The van der Waals surface area contributed by atoms with E-state index in [2.05, 4.69) is 35.2 Å². The normalized spacial score (nSPS) is 18.6. The van der Waals surface area contributed by atoms with Gasteiger partial charge in [0.15, 0.2) is 0 Å². The number of hydrogen-bond acceptors (Lipinski definition) is 2. The molecule has 1 saturated heterocycles. The molecule has 1 unspecified atom stereocenters. The number of nitrogens with zero attached hydrogens (tertiary/aromatic N) is 1. The van der Waals surface area contributed by atoms with Gasteiger partial charge in [-0.25, -0.2) is 0 Å². The number of amides is 1. The van der Waals surface area contributed by atoms with Gasteiger partial charge in [-0.15, -0.1) is 0 Å². The van der Waals surface area contributed by atoms with Gasteiger partial charge >= 0.3 is 0 Å². The van der Waals surface area contributed by atoms with Crippen LogP contribution in [-0.2, 0) is 16.6 Å². The third-order valence-electron chi connectivity index (χ3n) is 5.85. The van der Waals surface area contributed by atoms with Crippen LogP contribution in [0, 0.1) is 5.92 Å².